The molecule has 0 saturated heterocycles. The van der Waals surface area contributed by atoms with Gasteiger partial charge in [-0.2, -0.15) is 0 Å². The Bertz CT molecular complexity index is 859. The van der Waals surface area contributed by atoms with Gasteiger partial charge in [-0.25, -0.2) is 14.4 Å². The largest absolute Gasteiger partial charge is 0.504 e. The molecule has 5 nitrogen and oxygen atoms in total. The molecule has 0 aliphatic heterocycles. The van der Waals surface area contributed by atoms with Crippen molar-refractivity contribution >= 4 is 34.0 Å². The van der Waals surface area contributed by atoms with Crippen molar-refractivity contribution in [3.63, 3.8) is 0 Å². The topological polar surface area (TPSA) is 67.3 Å². The highest BCUT2D eigenvalue weighted by Crippen LogP contribution is 2.33. The van der Waals surface area contributed by atoms with Gasteiger partial charge in [0.05, 0.1) is 17.6 Å². The van der Waals surface area contributed by atoms with Crippen molar-refractivity contribution < 1.29 is 14.2 Å². The number of aromatic hydroxyl groups is 1. The lowest BCUT2D eigenvalue weighted by Gasteiger charge is -2.10. The molecule has 2 aromatic carbocycles. The molecule has 0 bridgehead atoms. The van der Waals surface area contributed by atoms with Gasteiger partial charge in [0, 0.05) is 17.1 Å². The molecule has 0 saturated carbocycles. The number of phenolic OH excluding ortho intramolecular Hbond substituents is 1. The maximum Gasteiger partial charge on any atom is 0.162 e. The molecule has 0 radical (unpaired) electrons. The molecule has 1 aromatic heterocycles. The van der Waals surface area contributed by atoms with Crippen LogP contribution in [0.5, 0.6) is 11.5 Å². The van der Waals surface area contributed by atoms with E-state index in [0.29, 0.717) is 28.2 Å². The summed E-state index contributed by atoms with van der Waals surface area (Å²) >= 11 is 5.76. The molecule has 0 aliphatic carbocycles. The van der Waals surface area contributed by atoms with Crippen molar-refractivity contribution in [3.05, 3.63) is 47.5 Å². The van der Waals surface area contributed by atoms with Crippen molar-refractivity contribution in [2.45, 2.75) is 13.8 Å². The van der Waals surface area contributed by atoms with E-state index in [9.17, 15) is 9.50 Å². The number of benzene rings is 2. The lowest BCUT2D eigenvalue weighted by Crippen LogP contribution is -1.97. The van der Waals surface area contributed by atoms with Gasteiger partial charge in [-0.05, 0) is 24.3 Å². The third kappa shape index (κ3) is 3.65. The van der Waals surface area contributed by atoms with E-state index in [0.717, 1.165) is 0 Å². The maximum absolute atomic E-state index is 13.2. The van der Waals surface area contributed by atoms with Crippen molar-refractivity contribution in [1.82, 2.24) is 9.97 Å². The third-order valence-corrected chi connectivity index (χ3v) is 3.41. The second-order valence-corrected chi connectivity index (χ2v) is 4.92. The van der Waals surface area contributed by atoms with E-state index < -0.39 is 5.82 Å². The molecule has 0 atom stereocenters. The van der Waals surface area contributed by atoms with Gasteiger partial charge in [0.25, 0.3) is 0 Å². The van der Waals surface area contributed by atoms with Gasteiger partial charge in [0.15, 0.2) is 11.5 Å². The molecular formula is C17H17ClFN3O2. The first-order valence-electron chi connectivity index (χ1n) is 7.32. The first kappa shape index (κ1) is 17.7. The van der Waals surface area contributed by atoms with Crippen LogP contribution in [0, 0.1) is 5.82 Å². The van der Waals surface area contributed by atoms with E-state index in [1.54, 1.807) is 12.1 Å². The number of hydrogen-bond donors (Lipinski definition) is 2. The number of phenols is 1. The minimum Gasteiger partial charge on any atom is -0.504 e. The highest BCUT2D eigenvalue weighted by atomic mass is 35.5. The second kappa shape index (κ2) is 7.79. The molecule has 2 N–H and O–H groups in total. The summed E-state index contributed by atoms with van der Waals surface area (Å²) in [5, 5.41) is 13.5. The maximum atomic E-state index is 13.2. The van der Waals surface area contributed by atoms with Crippen LogP contribution >= 0.6 is 11.6 Å². The van der Waals surface area contributed by atoms with E-state index in [1.807, 2.05) is 13.8 Å². The fraction of sp³-hybridized carbons (Fsp3) is 0.176. The highest BCUT2D eigenvalue weighted by molar-refractivity contribution is 6.31. The normalized spacial score (nSPS) is 10.0. The Balaban J connectivity index is 0.00000100. The van der Waals surface area contributed by atoms with Crippen LogP contribution in [0.1, 0.15) is 13.8 Å². The van der Waals surface area contributed by atoms with Gasteiger partial charge in [0.2, 0.25) is 0 Å². The standard InChI is InChI=1S/C15H11ClFN3O2.C2H6/c1-22-14-6-12-9(5-13(14)21)15(19-7-18-12)20-8-2-3-11(17)10(16)4-8;1-2/h2-7,21H,1H3,(H,18,19,20);1-2H3. The summed E-state index contributed by atoms with van der Waals surface area (Å²) in [5.41, 5.74) is 1.17. The molecule has 3 rings (SSSR count). The third-order valence-electron chi connectivity index (χ3n) is 3.12. The average Bonchev–Trinajstić information content (AvgIpc) is 2.60. The minimum absolute atomic E-state index is 0.00729. The van der Waals surface area contributed by atoms with E-state index >= 15 is 0 Å². The van der Waals surface area contributed by atoms with Gasteiger partial charge in [-0.1, -0.05) is 25.4 Å². The molecule has 7 heteroatoms. The summed E-state index contributed by atoms with van der Waals surface area (Å²) in [4.78, 5) is 8.28. The second-order valence-electron chi connectivity index (χ2n) is 4.52. The van der Waals surface area contributed by atoms with Crippen LogP contribution in [0.3, 0.4) is 0 Å². The number of rotatable bonds is 3. The Hall–Kier alpha value is -2.60. The SMILES string of the molecule is CC.COc1cc2ncnc(Nc3ccc(F)c(Cl)c3)c2cc1O. The Morgan fingerprint density at radius 2 is 1.92 bits per heavy atom. The lowest BCUT2D eigenvalue weighted by molar-refractivity contribution is 0.374. The monoisotopic (exact) mass is 349 g/mol. The number of anilines is 2. The Morgan fingerprint density at radius 3 is 2.58 bits per heavy atom. The van der Waals surface area contributed by atoms with Gasteiger partial charge in [-0.3, -0.25) is 0 Å². The number of fused-ring (bicyclic) bond motifs is 1. The number of hydrogen-bond acceptors (Lipinski definition) is 5. The molecule has 126 valence electrons. The summed E-state index contributed by atoms with van der Waals surface area (Å²) in [6, 6.07) is 7.36. The quantitative estimate of drug-likeness (QED) is 0.703. The molecule has 1 heterocycles. The Labute approximate surface area is 144 Å². The van der Waals surface area contributed by atoms with Crippen LogP contribution < -0.4 is 10.1 Å². The van der Waals surface area contributed by atoms with Crippen molar-refractivity contribution in [2.24, 2.45) is 0 Å². The zero-order valence-corrected chi connectivity index (χ0v) is 14.2. The summed E-state index contributed by atoms with van der Waals surface area (Å²) in [7, 11) is 1.46. The molecule has 0 unspecified atom stereocenters. The number of methoxy groups -OCH3 is 1. The first-order valence-corrected chi connectivity index (χ1v) is 7.70. The zero-order chi connectivity index (χ0) is 17.7. The summed E-state index contributed by atoms with van der Waals surface area (Å²) in [5.74, 6) is 0.264. The minimum atomic E-state index is -0.498. The number of nitrogens with zero attached hydrogens (tertiary/aromatic N) is 2. The smallest absolute Gasteiger partial charge is 0.162 e. The molecule has 0 fully saturated rings. The summed E-state index contributed by atoms with van der Waals surface area (Å²) in [6.07, 6.45) is 1.38. The molecular weight excluding hydrogens is 333 g/mol. The Kier molecular flexibility index (Phi) is 5.76. The van der Waals surface area contributed by atoms with E-state index in [2.05, 4.69) is 15.3 Å². The van der Waals surface area contributed by atoms with E-state index in [1.165, 1.54) is 31.6 Å². The lowest BCUT2D eigenvalue weighted by atomic mass is 10.2. The van der Waals surface area contributed by atoms with Crippen LogP contribution in [0.2, 0.25) is 5.02 Å². The highest BCUT2D eigenvalue weighted by Gasteiger charge is 2.10. The predicted molar refractivity (Wildman–Crippen MR) is 93.8 cm³/mol. The van der Waals surface area contributed by atoms with Crippen LogP contribution in [0.4, 0.5) is 15.9 Å². The fourth-order valence-corrected chi connectivity index (χ4v) is 2.23. The van der Waals surface area contributed by atoms with Crippen LogP contribution in [-0.4, -0.2) is 22.2 Å². The molecule has 3 aromatic rings. The first-order chi connectivity index (χ1) is 11.6. The van der Waals surface area contributed by atoms with Crippen LogP contribution in [-0.2, 0) is 0 Å². The summed E-state index contributed by atoms with van der Waals surface area (Å²) < 4.78 is 18.2. The molecule has 24 heavy (non-hydrogen) atoms. The van der Waals surface area contributed by atoms with Crippen molar-refractivity contribution in [3.8, 4) is 11.5 Å². The Morgan fingerprint density at radius 1 is 1.17 bits per heavy atom. The van der Waals surface area contributed by atoms with Crippen molar-refractivity contribution in [2.75, 3.05) is 12.4 Å². The predicted octanol–water partition coefficient (Wildman–Crippen LogP) is 4.91. The number of aromatic nitrogens is 2. The van der Waals surface area contributed by atoms with Gasteiger partial charge < -0.3 is 15.2 Å². The van der Waals surface area contributed by atoms with Gasteiger partial charge in [-0.15, -0.1) is 0 Å². The molecule has 0 amide bonds. The van der Waals surface area contributed by atoms with Crippen LogP contribution in [0.25, 0.3) is 10.9 Å². The number of nitrogens with one attached hydrogen (secondary N) is 1. The van der Waals surface area contributed by atoms with Crippen molar-refractivity contribution in [1.29, 1.82) is 0 Å². The molecule has 0 spiro atoms. The number of ether oxygens (including phenoxy) is 1. The zero-order valence-electron chi connectivity index (χ0n) is 13.5. The summed E-state index contributed by atoms with van der Waals surface area (Å²) in [6.45, 7) is 4.00. The fourth-order valence-electron chi connectivity index (χ4n) is 2.05. The van der Waals surface area contributed by atoms with Gasteiger partial charge >= 0.3 is 0 Å². The molecule has 0 aliphatic rings. The van der Waals surface area contributed by atoms with Gasteiger partial charge in [0.1, 0.15) is 18.0 Å². The van der Waals surface area contributed by atoms with E-state index in [4.69, 9.17) is 16.3 Å². The average molecular weight is 350 g/mol. The van der Waals surface area contributed by atoms with E-state index in [-0.39, 0.29) is 10.8 Å². The van der Waals surface area contributed by atoms with Crippen LogP contribution in [0.15, 0.2) is 36.7 Å². The number of halogens is 2.